The normalized spacial score (nSPS) is 9.67. The molecule has 4 nitrogen and oxygen atoms in total. The summed E-state index contributed by atoms with van der Waals surface area (Å²) >= 11 is 0. The van der Waals surface area contributed by atoms with Crippen molar-refractivity contribution in [2.75, 3.05) is 0 Å². The van der Waals surface area contributed by atoms with Gasteiger partial charge in [-0.2, -0.15) is 8.42 Å². The van der Waals surface area contributed by atoms with Crippen molar-refractivity contribution in [3.63, 3.8) is 0 Å². The molecule has 0 saturated heterocycles. The van der Waals surface area contributed by atoms with E-state index in [0.717, 1.165) is 0 Å². The first-order chi connectivity index (χ1) is 2.00. The molecule has 0 aromatic carbocycles. The van der Waals surface area contributed by atoms with E-state index in [1.165, 1.54) is 0 Å². The van der Waals surface area contributed by atoms with Gasteiger partial charge in [-0.1, -0.05) is 0 Å². The van der Waals surface area contributed by atoms with E-state index in [1.807, 2.05) is 0 Å². The van der Waals surface area contributed by atoms with Crippen molar-refractivity contribution in [2.45, 2.75) is 0 Å². The van der Waals surface area contributed by atoms with Gasteiger partial charge in [0.05, 0.1) is 0 Å². The minimum atomic E-state index is -4.67. The van der Waals surface area contributed by atoms with Gasteiger partial charge in [0.2, 0.25) is 0 Å². The predicted octanol–water partition coefficient (Wildman–Crippen LogP) is -0.655. The summed E-state index contributed by atoms with van der Waals surface area (Å²) in [5.41, 5.74) is 0. The van der Waals surface area contributed by atoms with Crippen molar-refractivity contribution >= 4 is 10.4 Å². The minimum absolute atomic E-state index is 0. The molecule has 0 amide bonds. The third-order valence-corrected chi connectivity index (χ3v) is 0. The van der Waals surface area contributed by atoms with Crippen molar-refractivity contribution in [2.24, 2.45) is 0 Å². The van der Waals surface area contributed by atoms with E-state index in [-0.39, 0.29) is 25.8 Å². The van der Waals surface area contributed by atoms with Crippen molar-refractivity contribution in [1.29, 1.82) is 0 Å². The zero-order chi connectivity index (χ0) is 4.50. The molecular weight excluding hydrogens is 275 g/mol. The van der Waals surface area contributed by atoms with E-state index in [1.54, 1.807) is 0 Å². The third-order valence-electron chi connectivity index (χ3n) is 0. The van der Waals surface area contributed by atoms with E-state index < -0.39 is 10.4 Å². The largest absolute Gasteiger partial charge is 0.394 e. The number of rotatable bonds is 0. The Morgan fingerprint density at radius 3 is 1.17 bits per heavy atom. The molecule has 0 fully saturated rings. The van der Waals surface area contributed by atoms with Crippen LogP contribution in [-0.4, -0.2) is 17.5 Å². The SMILES string of the molecule is O=S(=O)(O)O.[Hf]. The fourth-order valence-corrected chi connectivity index (χ4v) is 0. The molecular formula is H2HfO4S. The molecule has 0 saturated carbocycles. The standard InChI is InChI=1S/Hf.H2O4S/c;1-5(2,3)4/h;(H2,1,2,3,4). The molecule has 0 aliphatic rings. The van der Waals surface area contributed by atoms with Gasteiger partial charge in [0.1, 0.15) is 0 Å². The van der Waals surface area contributed by atoms with Crippen LogP contribution in [-0.2, 0) is 36.2 Å². The molecule has 0 aromatic heterocycles. The fourth-order valence-electron chi connectivity index (χ4n) is 0. The van der Waals surface area contributed by atoms with Gasteiger partial charge in [0.25, 0.3) is 0 Å². The quantitative estimate of drug-likeness (QED) is 0.455. The Kier molecular flexibility index (Phi) is 4.68. The summed E-state index contributed by atoms with van der Waals surface area (Å²) in [6, 6.07) is 0. The van der Waals surface area contributed by atoms with Crippen LogP contribution in [0.5, 0.6) is 0 Å². The number of hydrogen-bond donors (Lipinski definition) is 2. The van der Waals surface area contributed by atoms with Crippen LogP contribution in [0.3, 0.4) is 0 Å². The summed E-state index contributed by atoms with van der Waals surface area (Å²) in [6.45, 7) is 0. The summed E-state index contributed by atoms with van der Waals surface area (Å²) in [5.74, 6) is 0. The van der Waals surface area contributed by atoms with E-state index >= 15 is 0 Å². The van der Waals surface area contributed by atoms with Crippen LogP contribution in [0.15, 0.2) is 0 Å². The van der Waals surface area contributed by atoms with Crippen molar-refractivity contribution in [1.82, 2.24) is 0 Å². The molecule has 0 unspecified atom stereocenters. The third kappa shape index (κ3) is 121. The molecule has 0 atom stereocenters. The molecule has 6 heavy (non-hydrogen) atoms. The first-order valence-electron chi connectivity index (χ1n) is 0.698. The van der Waals surface area contributed by atoms with Gasteiger partial charge in [-0.25, -0.2) is 0 Å². The van der Waals surface area contributed by atoms with Crippen molar-refractivity contribution in [3.8, 4) is 0 Å². The molecule has 0 aromatic rings. The molecule has 2 N–H and O–H groups in total. The molecule has 0 spiro atoms. The topological polar surface area (TPSA) is 74.6 Å². The van der Waals surface area contributed by atoms with Crippen LogP contribution in [0.2, 0.25) is 0 Å². The second kappa shape index (κ2) is 2.84. The maximum absolute atomic E-state index is 8.74. The van der Waals surface area contributed by atoms with Crippen LogP contribution in [0.25, 0.3) is 0 Å². The first kappa shape index (κ1) is 9.88. The predicted molar refractivity (Wildman–Crippen MR) is 14.2 cm³/mol. The molecule has 0 rings (SSSR count). The molecule has 0 heterocycles. The summed E-state index contributed by atoms with van der Waals surface area (Å²) in [5, 5.41) is 0. The zero-order valence-corrected chi connectivity index (χ0v) is 7.03. The van der Waals surface area contributed by atoms with E-state index in [4.69, 9.17) is 17.5 Å². The van der Waals surface area contributed by atoms with Crippen LogP contribution in [0.4, 0.5) is 0 Å². The molecule has 0 bridgehead atoms. The Bertz CT molecular complexity index is 90.7. The minimum Gasteiger partial charge on any atom is -0.264 e. The average Bonchev–Trinajstić information content (AvgIpc) is 0.722. The van der Waals surface area contributed by atoms with E-state index in [9.17, 15) is 0 Å². The summed E-state index contributed by atoms with van der Waals surface area (Å²) in [7, 11) is -4.67. The molecule has 0 aliphatic carbocycles. The maximum atomic E-state index is 8.74. The van der Waals surface area contributed by atoms with Gasteiger partial charge in [-0.15, -0.1) is 0 Å². The fraction of sp³-hybridized carbons (Fsp3) is 0. The molecule has 36 valence electrons. The Balaban J connectivity index is 0. The van der Waals surface area contributed by atoms with Gasteiger partial charge in [-0.05, 0) is 0 Å². The molecule has 0 radical (unpaired) electrons. The zero-order valence-electron chi connectivity index (χ0n) is 2.62. The van der Waals surface area contributed by atoms with Crippen molar-refractivity contribution < 1.29 is 43.4 Å². The molecule has 0 aliphatic heterocycles. The van der Waals surface area contributed by atoms with Crippen LogP contribution >= 0.6 is 0 Å². The smallest absolute Gasteiger partial charge is 0.264 e. The van der Waals surface area contributed by atoms with Crippen LogP contribution < -0.4 is 0 Å². The van der Waals surface area contributed by atoms with Crippen LogP contribution in [0, 0.1) is 0 Å². The Morgan fingerprint density at radius 2 is 1.17 bits per heavy atom. The maximum Gasteiger partial charge on any atom is 0.394 e. The Hall–Kier alpha value is 0.740. The van der Waals surface area contributed by atoms with Crippen molar-refractivity contribution in [3.05, 3.63) is 0 Å². The van der Waals surface area contributed by atoms with Crippen LogP contribution in [0.1, 0.15) is 0 Å². The van der Waals surface area contributed by atoms with Gasteiger partial charge in [0, 0.05) is 25.8 Å². The Morgan fingerprint density at radius 1 is 1.17 bits per heavy atom. The summed E-state index contributed by atoms with van der Waals surface area (Å²) in [4.78, 5) is 0. The Labute approximate surface area is 53.9 Å². The first-order valence-corrected chi connectivity index (χ1v) is 2.10. The summed E-state index contributed by atoms with van der Waals surface area (Å²) in [6.07, 6.45) is 0. The summed E-state index contributed by atoms with van der Waals surface area (Å²) < 4.78 is 31.6. The van der Waals surface area contributed by atoms with Gasteiger partial charge >= 0.3 is 10.4 Å². The number of hydrogen-bond acceptors (Lipinski definition) is 2. The van der Waals surface area contributed by atoms with E-state index in [0.29, 0.717) is 0 Å². The molecule has 6 heteroatoms. The van der Waals surface area contributed by atoms with E-state index in [2.05, 4.69) is 0 Å². The van der Waals surface area contributed by atoms with Gasteiger partial charge in [-0.3, -0.25) is 9.11 Å². The second-order valence-electron chi connectivity index (χ2n) is 0.448. The average molecular weight is 277 g/mol. The van der Waals surface area contributed by atoms with Gasteiger partial charge < -0.3 is 0 Å². The monoisotopic (exact) mass is 278 g/mol. The van der Waals surface area contributed by atoms with Gasteiger partial charge in [0.15, 0.2) is 0 Å². The second-order valence-corrected chi connectivity index (χ2v) is 1.34.